The summed E-state index contributed by atoms with van der Waals surface area (Å²) in [5.41, 5.74) is 3.37. The van der Waals surface area contributed by atoms with E-state index in [0.29, 0.717) is 0 Å². The average molecular weight is 299 g/mol. The molecular weight excluding hydrogens is 276 g/mol. The summed E-state index contributed by atoms with van der Waals surface area (Å²) in [5.74, 6) is 0.776. The van der Waals surface area contributed by atoms with Crippen LogP contribution in [0.3, 0.4) is 0 Å². The van der Waals surface area contributed by atoms with E-state index in [1.807, 2.05) is 13.8 Å². The van der Waals surface area contributed by atoms with E-state index < -0.39 is 0 Å². The maximum Gasteiger partial charge on any atom is 0.258 e. The lowest BCUT2D eigenvalue weighted by atomic mass is 10.1. The SMILES string of the molecule is Cc1cc(C)c(OCC(=O)NC2CCNC2)c(C)c1.Cl. The maximum atomic E-state index is 11.8. The number of benzene rings is 1. The molecule has 0 aromatic heterocycles. The van der Waals surface area contributed by atoms with Gasteiger partial charge in [-0.15, -0.1) is 12.4 Å². The van der Waals surface area contributed by atoms with Crippen LogP contribution >= 0.6 is 12.4 Å². The zero-order chi connectivity index (χ0) is 13.8. The van der Waals surface area contributed by atoms with Gasteiger partial charge < -0.3 is 15.4 Å². The zero-order valence-electron chi connectivity index (χ0n) is 12.3. The van der Waals surface area contributed by atoms with Crippen molar-refractivity contribution in [2.45, 2.75) is 33.2 Å². The van der Waals surface area contributed by atoms with Crippen molar-refractivity contribution >= 4 is 18.3 Å². The fourth-order valence-corrected chi connectivity index (χ4v) is 2.58. The molecule has 1 fully saturated rings. The molecule has 1 aromatic rings. The van der Waals surface area contributed by atoms with E-state index in [1.165, 1.54) is 5.56 Å². The number of amides is 1. The highest BCUT2D eigenvalue weighted by atomic mass is 35.5. The fraction of sp³-hybridized carbons (Fsp3) is 0.533. The van der Waals surface area contributed by atoms with Crippen LogP contribution in [-0.2, 0) is 4.79 Å². The van der Waals surface area contributed by atoms with E-state index in [-0.39, 0.29) is 31.0 Å². The number of carbonyl (C=O) groups is 1. The molecule has 1 aliphatic heterocycles. The van der Waals surface area contributed by atoms with E-state index in [1.54, 1.807) is 0 Å². The van der Waals surface area contributed by atoms with Gasteiger partial charge in [0.15, 0.2) is 6.61 Å². The quantitative estimate of drug-likeness (QED) is 0.892. The Balaban J connectivity index is 0.00000200. The zero-order valence-corrected chi connectivity index (χ0v) is 13.1. The first kappa shape index (κ1) is 16.8. The molecule has 0 spiro atoms. The molecule has 1 atom stereocenters. The third-order valence-corrected chi connectivity index (χ3v) is 3.38. The highest BCUT2D eigenvalue weighted by molar-refractivity contribution is 5.85. The Morgan fingerprint density at radius 2 is 2.00 bits per heavy atom. The Labute approximate surface area is 126 Å². The Morgan fingerprint density at radius 3 is 2.55 bits per heavy atom. The summed E-state index contributed by atoms with van der Waals surface area (Å²) in [6.45, 7) is 7.99. The Morgan fingerprint density at radius 1 is 1.35 bits per heavy atom. The first-order valence-electron chi connectivity index (χ1n) is 6.77. The number of halogens is 1. The fourth-order valence-electron chi connectivity index (χ4n) is 2.58. The molecule has 1 amide bonds. The number of carbonyl (C=O) groups excluding carboxylic acids is 1. The molecule has 5 heteroatoms. The second-order valence-electron chi connectivity index (χ2n) is 5.27. The molecule has 1 aromatic carbocycles. The van der Waals surface area contributed by atoms with E-state index in [0.717, 1.165) is 36.4 Å². The van der Waals surface area contributed by atoms with Crippen LogP contribution in [0.4, 0.5) is 0 Å². The standard InChI is InChI=1S/C15H22N2O2.ClH/c1-10-6-11(2)15(12(3)7-10)19-9-14(18)17-13-4-5-16-8-13;/h6-7,13,16H,4-5,8-9H2,1-3H3,(H,17,18);1H. The van der Waals surface area contributed by atoms with Gasteiger partial charge in [-0.1, -0.05) is 17.7 Å². The number of rotatable bonds is 4. The van der Waals surface area contributed by atoms with Crippen LogP contribution in [0, 0.1) is 20.8 Å². The van der Waals surface area contributed by atoms with Gasteiger partial charge in [-0.05, 0) is 44.9 Å². The van der Waals surface area contributed by atoms with Crippen molar-refractivity contribution in [1.29, 1.82) is 0 Å². The Hall–Kier alpha value is -1.26. The van der Waals surface area contributed by atoms with Crippen LogP contribution in [0.5, 0.6) is 5.75 Å². The van der Waals surface area contributed by atoms with Gasteiger partial charge in [-0.3, -0.25) is 4.79 Å². The minimum atomic E-state index is -0.0481. The molecule has 1 heterocycles. The topological polar surface area (TPSA) is 50.4 Å². The van der Waals surface area contributed by atoms with Crippen LogP contribution in [0.25, 0.3) is 0 Å². The van der Waals surface area contributed by atoms with E-state index in [9.17, 15) is 4.79 Å². The van der Waals surface area contributed by atoms with Gasteiger partial charge in [0.05, 0.1) is 0 Å². The Kier molecular flexibility index (Phi) is 6.30. The lowest BCUT2D eigenvalue weighted by Crippen LogP contribution is -2.39. The Bertz CT molecular complexity index is 448. The van der Waals surface area contributed by atoms with Crippen molar-refractivity contribution in [2.75, 3.05) is 19.7 Å². The normalized spacial score (nSPS) is 17.4. The third-order valence-electron chi connectivity index (χ3n) is 3.38. The smallest absolute Gasteiger partial charge is 0.258 e. The van der Waals surface area contributed by atoms with E-state index >= 15 is 0 Å². The summed E-state index contributed by atoms with van der Waals surface area (Å²) in [7, 11) is 0. The molecule has 0 aliphatic carbocycles. The summed E-state index contributed by atoms with van der Waals surface area (Å²) in [4.78, 5) is 11.8. The number of hydrogen-bond donors (Lipinski definition) is 2. The van der Waals surface area contributed by atoms with Gasteiger partial charge >= 0.3 is 0 Å². The van der Waals surface area contributed by atoms with Crippen LogP contribution in [0.15, 0.2) is 12.1 Å². The summed E-state index contributed by atoms with van der Waals surface area (Å²) < 4.78 is 5.66. The summed E-state index contributed by atoms with van der Waals surface area (Å²) in [5, 5.41) is 6.19. The largest absolute Gasteiger partial charge is 0.483 e. The molecule has 0 radical (unpaired) electrons. The van der Waals surface area contributed by atoms with Crippen molar-refractivity contribution < 1.29 is 9.53 Å². The minimum absolute atomic E-state index is 0. The molecular formula is C15H23ClN2O2. The van der Waals surface area contributed by atoms with E-state index in [2.05, 4.69) is 29.7 Å². The average Bonchev–Trinajstić information content (AvgIpc) is 2.80. The monoisotopic (exact) mass is 298 g/mol. The number of nitrogens with one attached hydrogen (secondary N) is 2. The molecule has 0 bridgehead atoms. The molecule has 1 unspecified atom stereocenters. The summed E-state index contributed by atoms with van der Waals surface area (Å²) in [6.07, 6.45) is 0.994. The maximum absolute atomic E-state index is 11.8. The molecule has 2 N–H and O–H groups in total. The second kappa shape index (κ2) is 7.50. The first-order chi connectivity index (χ1) is 9.06. The van der Waals surface area contributed by atoms with Crippen molar-refractivity contribution in [1.82, 2.24) is 10.6 Å². The molecule has 112 valence electrons. The van der Waals surface area contributed by atoms with Gasteiger partial charge in [0.25, 0.3) is 5.91 Å². The van der Waals surface area contributed by atoms with Crippen molar-refractivity contribution in [3.8, 4) is 5.75 Å². The number of hydrogen-bond acceptors (Lipinski definition) is 3. The molecule has 1 aliphatic rings. The molecule has 4 nitrogen and oxygen atoms in total. The molecule has 2 rings (SSSR count). The van der Waals surface area contributed by atoms with Crippen LogP contribution < -0.4 is 15.4 Å². The summed E-state index contributed by atoms with van der Waals surface area (Å²) >= 11 is 0. The van der Waals surface area contributed by atoms with Crippen LogP contribution in [-0.4, -0.2) is 31.6 Å². The highest BCUT2D eigenvalue weighted by Gasteiger charge is 2.17. The van der Waals surface area contributed by atoms with Gasteiger partial charge in [0.2, 0.25) is 0 Å². The van der Waals surface area contributed by atoms with Gasteiger partial charge in [0.1, 0.15) is 5.75 Å². The predicted molar refractivity (Wildman–Crippen MR) is 82.8 cm³/mol. The van der Waals surface area contributed by atoms with Crippen LogP contribution in [0.1, 0.15) is 23.1 Å². The number of ether oxygens (including phenoxy) is 1. The van der Waals surface area contributed by atoms with Gasteiger partial charge in [0, 0.05) is 12.6 Å². The number of aryl methyl sites for hydroxylation is 3. The van der Waals surface area contributed by atoms with Gasteiger partial charge in [-0.2, -0.15) is 0 Å². The first-order valence-corrected chi connectivity index (χ1v) is 6.77. The predicted octanol–water partition coefficient (Wildman–Crippen LogP) is 1.89. The molecule has 0 saturated carbocycles. The molecule has 1 saturated heterocycles. The van der Waals surface area contributed by atoms with Crippen LogP contribution in [0.2, 0.25) is 0 Å². The van der Waals surface area contributed by atoms with Crippen molar-refractivity contribution in [3.05, 3.63) is 28.8 Å². The third kappa shape index (κ3) is 4.39. The van der Waals surface area contributed by atoms with E-state index in [4.69, 9.17) is 4.74 Å². The molecule has 20 heavy (non-hydrogen) atoms. The van der Waals surface area contributed by atoms with Gasteiger partial charge in [-0.25, -0.2) is 0 Å². The second-order valence-corrected chi connectivity index (χ2v) is 5.27. The van der Waals surface area contributed by atoms with Crippen molar-refractivity contribution in [3.63, 3.8) is 0 Å². The van der Waals surface area contributed by atoms with Crippen molar-refractivity contribution in [2.24, 2.45) is 0 Å². The minimum Gasteiger partial charge on any atom is -0.483 e. The lowest BCUT2D eigenvalue weighted by molar-refractivity contribution is -0.123. The lowest BCUT2D eigenvalue weighted by Gasteiger charge is -2.15. The summed E-state index contributed by atoms with van der Waals surface area (Å²) in [6, 6.07) is 4.39. The highest BCUT2D eigenvalue weighted by Crippen LogP contribution is 2.24.